The van der Waals surface area contributed by atoms with E-state index in [-0.39, 0.29) is 24.4 Å². The van der Waals surface area contributed by atoms with Crippen LogP contribution in [-0.2, 0) is 4.79 Å². The van der Waals surface area contributed by atoms with Gasteiger partial charge in [-0.25, -0.2) is 0 Å². The summed E-state index contributed by atoms with van der Waals surface area (Å²) in [5.41, 5.74) is 0.614. The van der Waals surface area contributed by atoms with Crippen molar-refractivity contribution in [1.29, 1.82) is 0 Å². The molecule has 0 saturated carbocycles. The number of benzene rings is 1. The first-order valence-corrected chi connectivity index (χ1v) is 9.31. The van der Waals surface area contributed by atoms with Gasteiger partial charge in [-0.3, -0.25) is 9.69 Å². The minimum atomic E-state index is -0.451. The van der Waals surface area contributed by atoms with E-state index in [9.17, 15) is 4.79 Å². The van der Waals surface area contributed by atoms with E-state index in [0.717, 1.165) is 19.6 Å². The molecule has 146 valence electrons. The number of halogens is 3. The van der Waals surface area contributed by atoms with Crippen molar-refractivity contribution in [3.05, 3.63) is 40.0 Å². The third kappa shape index (κ3) is 3.93. The summed E-state index contributed by atoms with van der Waals surface area (Å²) >= 11 is 12.3. The van der Waals surface area contributed by atoms with Crippen LogP contribution in [0.5, 0.6) is 0 Å². The lowest BCUT2D eigenvalue weighted by Crippen LogP contribution is -2.44. The Morgan fingerprint density at radius 2 is 2.11 bits per heavy atom. The monoisotopic (exact) mass is 431 g/mol. The number of carbonyl (C=O) groups excluding carboxylic acids is 1. The normalized spacial score (nSPS) is 23.5. The maximum Gasteiger partial charge on any atom is 0.239 e. The highest BCUT2D eigenvalue weighted by atomic mass is 35.5. The van der Waals surface area contributed by atoms with Crippen LogP contribution in [0.25, 0.3) is 0 Å². The van der Waals surface area contributed by atoms with Crippen LogP contribution in [0.3, 0.4) is 0 Å². The summed E-state index contributed by atoms with van der Waals surface area (Å²) in [6, 6.07) is 5.14. The molecular formula is C17H20Cl3N5O2. The Kier molecular flexibility index (Phi) is 6.28. The van der Waals surface area contributed by atoms with Gasteiger partial charge in [-0.2, -0.15) is 4.98 Å². The molecule has 0 aliphatic carbocycles. The second kappa shape index (κ2) is 8.32. The Bertz CT molecular complexity index is 831. The molecule has 4 rings (SSSR count). The third-order valence-electron chi connectivity index (χ3n) is 4.97. The predicted molar refractivity (Wildman–Crippen MR) is 106 cm³/mol. The lowest BCUT2D eigenvalue weighted by atomic mass is 10.1. The Labute approximate surface area is 173 Å². The van der Waals surface area contributed by atoms with E-state index in [1.54, 1.807) is 23.1 Å². The standard InChI is InChI=1S/C17H19Cl2N5O2.ClH/c1-23-7-5-20-9-14(23)15-21-16(26-22-15)11-4-6-24(17(11)25)13-8-10(18)2-3-12(13)19;/h2-3,8,11,14,20H,4-7,9H2,1H3;1H. The molecule has 2 aromatic rings. The highest BCUT2D eigenvalue weighted by Crippen LogP contribution is 2.36. The quantitative estimate of drug-likeness (QED) is 0.804. The van der Waals surface area contributed by atoms with E-state index in [2.05, 4.69) is 20.4 Å². The Balaban J connectivity index is 0.00000210. The van der Waals surface area contributed by atoms with E-state index in [4.69, 9.17) is 27.7 Å². The van der Waals surface area contributed by atoms with Crippen molar-refractivity contribution in [3.8, 4) is 0 Å². The first-order valence-electron chi connectivity index (χ1n) is 8.55. The molecule has 7 nitrogen and oxygen atoms in total. The van der Waals surface area contributed by atoms with Crippen LogP contribution in [-0.4, -0.2) is 54.2 Å². The topological polar surface area (TPSA) is 74.5 Å². The molecule has 2 unspecified atom stereocenters. The SMILES string of the molecule is CN1CCNCC1c1noc(C2CCN(c3cc(Cl)ccc3Cl)C2=O)n1.Cl. The number of piperazine rings is 1. The maximum absolute atomic E-state index is 12.9. The summed E-state index contributed by atoms with van der Waals surface area (Å²) in [4.78, 5) is 21.2. The van der Waals surface area contributed by atoms with Crippen molar-refractivity contribution < 1.29 is 9.32 Å². The molecule has 1 aromatic heterocycles. The molecular weight excluding hydrogens is 413 g/mol. The van der Waals surface area contributed by atoms with Crippen molar-refractivity contribution in [2.45, 2.75) is 18.4 Å². The molecule has 2 fully saturated rings. The molecule has 10 heteroatoms. The number of likely N-dealkylation sites (N-methyl/N-ethyl adjacent to an activating group) is 1. The maximum atomic E-state index is 12.9. The second-order valence-electron chi connectivity index (χ2n) is 6.62. The molecule has 1 N–H and O–H groups in total. The zero-order valence-electron chi connectivity index (χ0n) is 14.7. The number of rotatable bonds is 3. The summed E-state index contributed by atoms with van der Waals surface area (Å²) < 4.78 is 5.44. The molecule has 1 amide bonds. The van der Waals surface area contributed by atoms with Gasteiger partial charge in [0, 0.05) is 31.2 Å². The fourth-order valence-corrected chi connectivity index (χ4v) is 3.85. The number of carbonyl (C=O) groups is 1. The smallest absolute Gasteiger partial charge is 0.239 e. The van der Waals surface area contributed by atoms with Crippen LogP contribution < -0.4 is 10.2 Å². The van der Waals surface area contributed by atoms with E-state index in [0.29, 0.717) is 40.4 Å². The van der Waals surface area contributed by atoms with Crippen LogP contribution in [0.1, 0.15) is 30.1 Å². The molecule has 2 saturated heterocycles. The lowest BCUT2D eigenvalue weighted by Gasteiger charge is -2.30. The average Bonchev–Trinajstić information content (AvgIpc) is 3.24. The first-order chi connectivity index (χ1) is 12.5. The Morgan fingerprint density at radius 1 is 1.30 bits per heavy atom. The van der Waals surface area contributed by atoms with Crippen molar-refractivity contribution in [3.63, 3.8) is 0 Å². The molecule has 0 spiro atoms. The number of nitrogens with zero attached hydrogens (tertiary/aromatic N) is 4. The first kappa shape index (κ1) is 20.4. The van der Waals surface area contributed by atoms with Gasteiger partial charge in [-0.15, -0.1) is 12.4 Å². The summed E-state index contributed by atoms with van der Waals surface area (Å²) in [5.74, 6) is 0.430. The minimum Gasteiger partial charge on any atom is -0.338 e. The largest absolute Gasteiger partial charge is 0.338 e. The summed E-state index contributed by atoms with van der Waals surface area (Å²) in [5, 5.41) is 8.46. The van der Waals surface area contributed by atoms with E-state index in [1.807, 2.05) is 7.05 Å². The molecule has 27 heavy (non-hydrogen) atoms. The van der Waals surface area contributed by atoms with E-state index >= 15 is 0 Å². The molecule has 0 bridgehead atoms. The van der Waals surface area contributed by atoms with Crippen LogP contribution in [0.2, 0.25) is 10.0 Å². The van der Waals surface area contributed by atoms with Gasteiger partial charge in [0.25, 0.3) is 0 Å². The number of amides is 1. The highest BCUT2D eigenvalue weighted by molar-refractivity contribution is 6.36. The molecule has 2 atom stereocenters. The molecule has 3 heterocycles. The number of anilines is 1. The zero-order valence-corrected chi connectivity index (χ0v) is 17.0. The molecule has 2 aliphatic heterocycles. The predicted octanol–water partition coefficient (Wildman–Crippen LogP) is 2.89. The molecule has 1 aromatic carbocycles. The Morgan fingerprint density at radius 3 is 2.89 bits per heavy atom. The van der Waals surface area contributed by atoms with Crippen molar-refractivity contribution in [2.24, 2.45) is 0 Å². The van der Waals surface area contributed by atoms with Crippen molar-refractivity contribution in [2.75, 3.05) is 38.1 Å². The number of aromatic nitrogens is 2. The van der Waals surface area contributed by atoms with Gasteiger partial charge < -0.3 is 14.7 Å². The minimum absolute atomic E-state index is 0. The fraction of sp³-hybridized carbons (Fsp3) is 0.471. The van der Waals surface area contributed by atoms with Gasteiger partial charge in [-0.05, 0) is 31.7 Å². The number of hydrogen-bond acceptors (Lipinski definition) is 6. The summed E-state index contributed by atoms with van der Waals surface area (Å²) in [6.45, 7) is 3.15. The fourth-order valence-electron chi connectivity index (χ4n) is 3.46. The van der Waals surface area contributed by atoms with E-state index in [1.165, 1.54) is 0 Å². The number of nitrogens with one attached hydrogen (secondary N) is 1. The Hall–Kier alpha value is -1.38. The average molecular weight is 433 g/mol. The van der Waals surface area contributed by atoms with Crippen LogP contribution >= 0.6 is 35.6 Å². The van der Waals surface area contributed by atoms with Crippen molar-refractivity contribution in [1.82, 2.24) is 20.4 Å². The number of hydrogen-bond donors (Lipinski definition) is 1. The highest BCUT2D eigenvalue weighted by Gasteiger charge is 2.39. The second-order valence-corrected chi connectivity index (χ2v) is 7.46. The zero-order chi connectivity index (χ0) is 18.3. The van der Waals surface area contributed by atoms with Gasteiger partial charge in [-0.1, -0.05) is 28.4 Å². The van der Waals surface area contributed by atoms with Gasteiger partial charge in [0.1, 0.15) is 5.92 Å². The van der Waals surface area contributed by atoms with Gasteiger partial charge in [0.2, 0.25) is 11.8 Å². The summed E-state index contributed by atoms with van der Waals surface area (Å²) in [7, 11) is 2.03. The molecule has 0 radical (unpaired) electrons. The van der Waals surface area contributed by atoms with Crippen LogP contribution in [0.15, 0.2) is 22.7 Å². The van der Waals surface area contributed by atoms with Crippen molar-refractivity contribution >= 4 is 47.2 Å². The third-order valence-corrected chi connectivity index (χ3v) is 5.52. The van der Waals surface area contributed by atoms with Gasteiger partial charge >= 0.3 is 0 Å². The van der Waals surface area contributed by atoms with Crippen LogP contribution in [0.4, 0.5) is 5.69 Å². The van der Waals surface area contributed by atoms with Gasteiger partial charge in [0.15, 0.2) is 5.82 Å². The van der Waals surface area contributed by atoms with E-state index < -0.39 is 5.92 Å². The van der Waals surface area contributed by atoms with Crippen LogP contribution in [0, 0.1) is 0 Å². The van der Waals surface area contributed by atoms with Gasteiger partial charge in [0.05, 0.1) is 16.8 Å². The summed E-state index contributed by atoms with van der Waals surface area (Å²) in [6.07, 6.45) is 0.599. The lowest BCUT2D eigenvalue weighted by molar-refractivity contribution is -0.118. The molecule has 2 aliphatic rings.